The molecule has 0 spiro atoms. The van der Waals surface area contributed by atoms with E-state index >= 15 is 0 Å². The van der Waals surface area contributed by atoms with Gasteiger partial charge in [-0.3, -0.25) is 0 Å². The average molecular weight is 345 g/mol. The van der Waals surface area contributed by atoms with Crippen LogP contribution in [-0.4, -0.2) is 20.5 Å². The third-order valence-corrected chi connectivity index (χ3v) is 4.09. The summed E-state index contributed by atoms with van der Waals surface area (Å²) in [6.07, 6.45) is -0.543. The van der Waals surface area contributed by atoms with Crippen LogP contribution in [0.3, 0.4) is 0 Å². The minimum absolute atomic E-state index is 0.102. The Hall–Kier alpha value is -3.03. The summed E-state index contributed by atoms with van der Waals surface area (Å²) in [4.78, 5) is 3.16. The Labute approximate surface area is 141 Å². The van der Waals surface area contributed by atoms with E-state index in [1.807, 2.05) is 30.5 Å². The lowest BCUT2D eigenvalue weighted by atomic mass is 10.0. The minimum Gasteiger partial charge on any atom is -0.363 e. The van der Waals surface area contributed by atoms with E-state index in [0.29, 0.717) is 5.69 Å². The van der Waals surface area contributed by atoms with Crippen molar-refractivity contribution in [3.05, 3.63) is 71.8 Å². The Bertz CT molecular complexity index is 891. The van der Waals surface area contributed by atoms with Crippen LogP contribution in [-0.2, 0) is 6.18 Å². The van der Waals surface area contributed by atoms with Crippen molar-refractivity contribution >= 4 is 5.71 Å². The van der Waals surface area contributed by atoms with Crippen molar-refractivity contribution in [1.29, 1.82) is 0 Å². The van der Waals surface area contributed by atoms with E-state index in [4.69, 9.17) is 0 Å². The van der Waals surface area contributed by atoms with Crippen LogP contribution in [0.5, 0.6) is 0 Å². The molecule has 1 unspecified atom stereocenters. The van der Waals surface area contributed by atoms with E-state index in [-0.39, 0.29) is 6.04 Å². The highest BCUT2D eigenvalue weighted by molar-refractivity contribution is 6.01. The summed E-state index contributed by atoms with van der Waals surface area (Å²) < 4.78 is 39.1. The number of halogens is 3. The Balaban J connectivity index is 1.50. The quantitative estimate of drug-likeness (QED) is 0.761. The summed E-state index contributed by atoms with van der Waals surface area (Å²) in [6.45, 7) is 0. The van der Waals surface area contributed by atoms with Gasteiger partial charge in [-0.2, -0.15) is 23.4 Å². The second-order valence-electron chi connectivity index (χ2n) is 5.76. The summed E-state index contributed by atoms with van der Waals surface area (Å²) in [5.74, 6) is 0. The molecule has 1 aromatic carbocycles. The van der Waals surface area contributed by atoms with Crippen LogP contribution in [0.2, 0.25) is 0 Å². The second kappa shape index (κ2) is 5.80. The third kappa shape index (κ3) is 3.02. The molecule has 0 fully saturated rings. The van der Waals surface area contributed by atoms with Crippen LogP contribution in [0, 0.1) is 0 Å². The summed E-state index contributed by atoms with van der Waals surface area (Å²) in [6, 6.07) is 12.1. The maximum absolute atomic E-state index is 12.6. The number of aromatic nitrogens is 3. The maximum Gasteiger partial charge on any atom is 0.435 e. The Morgan fingerprint density at radius 3 is 2.52 bits per heavy atom. The van der Waals surface area contributed by atoms with Gasteiger partial charge in [0.2, 0.25) is 0 Å². The molecule has 2 N–H and O–H groups in total. The van der Waals surface area contributed by atoms with Gasteiger partial charge in [-0.05, 0) is 35.9 Å². The highest BCUT2D eigenvalue weighted by Crippen LogP contribution is 2.28. The summed E-state index contributed by atoms with van der Waals surface area (Å²) in [5.41, 5.74) is 5.63. The van der Waals surface area contributed by atoms with Gasteiger partial charge in [0.1, 0.15) is 0 Å². The number of H-pyrrole nitrogens is 1. The smallest absolute Gasteiger partial charge is 0.363 e. The number of benzene rings is 1. The highest BCUT2D eigenvalue weighted by Gasteiger charge is 2.33. The predicted octanol–water partition coefficient (Wildman–Crippen LogP) is 3.66. The first-order valence-electron chi connectivity index (χ1n) is 7.70. The van der Waals surface area contributed by atoms with Gasteiger partial charge in [0, 0.05) is 24.5 Å². The van der Waals surface area contributed by atoms with Gasteiger partial charge in [0.05, 0.1) is 17.4 Å². The molecule has 1 aliphatic rings. The first-order valence-corrected chi connectivity index (χ1v) is 7.70. The number of hydrogen-bond donors (Lipinski definition) is 2. The molecule has 4 rings (SSSR count). The molecule has 0 aliphatic carbocycles. The highest BCUT2D eigenvalue weighted by atomic mass is 19.4. The molecular formula is C17H14F3N5. The molecule has 0 radical (unpaired) electrons. The van der Waals surface area contributed by atoms with Crippen molar-refractivity contribution < 1.29 is 13.2 Å². The first kappa shape index (κ1) is 15.5. The molecular weight excluding hydrogens is 331 g/mol. The van der Waals surface area contributed by atoms with Crippen LogP contribution < -0.4 is 5.43 Å². The van der Waals surface area contributed by atoms with Gasteiger partial charge in [0.15, 0.2) is 5.69 Å². The topological polar surface area (TPSA) is 58.0 Å². The van der Waals surface area contributed by atoms with E-state index in [9.17, 15) is 13.2 Å². The number of hydrazone groups is 1. The molecule has 5 nitrogen and oxygen atoms in total. The van der Waals surface area contributed by atoms with E-state index in [2.05, 4.69) is 20.6 Å². The third-order valence-electron chi connectivity index (χ3n) is 4.09. The van der Waals surface area contributed by atoms with Gasteiger partial charge in [-0.15, -0.1) is 0 Å². The zero-order valence-corrected chi connectivity index (χ0v) is 13.0. The molecule has 25 heavy (non-hydrogen) atoms. The van der Waals surface area contributed by atoms with E-state index in [0.717, 1.165) is 29.5 Å². The lowest BCUT2D eigenvalue weighted by Crippen LogP contribution is -2.10. The lowest BCUT2D eigenvalue weighted by Gasteiger charge is -2.07. The van der Waals surface area contributed by atoms with Crippen LogP contribution in [0.15, 0.2) is 60.0 Å². The van der Waals surface area contributed by atoms with Crippen molar-refractivity contribution in [3.8, 4) is 5.69 Å². The number of rotatable bonds is 3. The summed E-state index contributed by atoms with van der Waals surface area (Å²) in [5, 5.41) is 7.93. The maximum atomic E-state index is 12.6. The summed E-state index contributed by atoms with van der Waals surface area (Å²) >= 11 is 0. The molecule has 3 heterocycles. The zero-order chi connectivity index (χ0) is 17.4. The normalized spacial score (nSPS) is 17.4. The van der Waals surface area contributed by atoms with Crippen molar-refractivity contribution in [2.24, 2.45) is 5.10 Å². The van der Waals surface area contributed by atoms with Gasteiger partial charge in [-0.1, -0.05) is 12.1 Å². The molecule has 128 valence electrons. The molecule has 2 aromatic heterocycles. The number of hydrogen-bond acceptors (Lipinski definition) is 3. The molecule has 0 bridgehead atoms. The molecule has 8 heteroatoms. The largest absolute Gasteiger partial charge is 0.435 e. The standard InChI is InChI=1S/C17H14F3N5/c18-17(19,20)16-7-9-25(24-16)12-5-3-11(4-6-12)14-10-15(23-22-14)13-2-1-8-21-13/h1-9,15,21,23H,10H2. The van der Waals surface area contributed by atoms with Crippen LogP contribution in [0.25, 0.3) is 5.69 Å². The number of nitrogens with one attached hydrogen (secondary N) is 2. The predicted molar refractivity (Wildman–Crippen MR) is 86.4 cm³/mol. The number of aromatic amines is 1. The molecule has 0 amide bonds. The zero-order valence-electron chi connectivity index (χ0n) is 13.0. The van der Waals surface area contributed by atoms with Crippen LogP contribution in [0.1, 0.15) is 29.4 Å². The fraction of sp³-hybridized carbons (Fsp3) is 0.176. The molecule has 0 saturated heterocycles. The van der Waals surface area contributed by atoms with Gasteiger partial charge >= 0.3 is 6.18 Å². The molecule has 1 aliphatic heterocycles. The van der Waals surface area contributed by atoms with Crippen molar-refractivity contribution in [1.82, 2.24) is 20.2 Å². The van der Waals surface area contributed by atoms with Gasteiger partial charge in [-0.25, -0.2) is 4.68 Å². The Kier molecular flexibility index (Phi) is 3.60. The van der Waals surface area contributed by atoms with Crippen LogP contribution in [0.4, 0.5) is 13.2 Å². The van der Waals surface area contributed by atoms with E-state index in [1.165, 1.54) is 10.9 Å². The second-order valence-corrected chi connectivity index (χ2v) is 5.76. The molecule has 0 saturated carbocycles. The first-order chi connectivity index (χ1) is 12.0. The minimum atomic E-state index is -4.44. The van der Waals surface area contributed by atoms with Crippen molar-refractivity contribution in [3.63, 3.8) is 0 Å². The number of nitrogens with zero attached hydrogens (tertiary/aromatic N) is 3. The van der Waals surface area contributed by atoms with E-state index in [1.54, 1.807) is 12.1 Å². The number of alkyl halides is 3. The Morgan fingerprint density at radius 1 is 1.08 bits per heavy atom. The SMILES string of the molecule is FC(F)(F)c1ccn(-c2ccc(C3=NNC(c4ccc[nH]4)C3)cc2)n1. The van der Waals surface area contributed by atoms with E-state index < -0.39 is 11.9 Å². The fourth-order valence-electron chi connectivity index (χ4n) is 2.79. The Morgan fingerprint density at radius 2 is 1.88 bits per heavy atom. The molecule has 3 aromatic rings. The van der Waals surface area contributed by atoms with Gasteiger partial charge in [0.25, 0.3) is 0 Å². The monoisotopic (exact) mass is 345 g/mol. The molecule has 1 atom stereocenters. The van der Waals surface area contributed by atoms with Crippen molar-refractivity contribution in [2.45, 2.75) is 18.6 Å². The van der Waals surface area contributed by atoms with Crippen LogP contribution >= 0.6 is 0 Å². The van der Waals surface area contributed by atoms with Crippen molar-refractivity contribution in [2.75, 3.05) is 0 Å². The lowest BCUT2D eigenvalue weighted by molar-refractivity contribution is -0.141. The fourth-order valence-corrected chi connectivity index (χ4v) is 2.79. The average Bonchev–Trinajstić information content (AvgIpc) is 3.33. The van der Waals surface area contributed by atoms with Gasteiger partial charge < -0.3 is 10.4 Å². The summed E-state index contributed by atoms with van der Waals surface area (Å²) in [7, 11) is 0.